The molecule has 1 saturated carbocycles. The molecule has 0 atom stereocenters. The van der Waals surface area contributed by atoms with Crippen LogP contribution < -0.4 is 10.9 Å². The van der Waals surface area contributed by atoms with Crippen LogP contribution in [0.25, 0.3) is 10.9 Å². The number of aryl methyl sites for hydroxylation is 1. The number of nitrogens with zero attached hydrogens (tertiary/aromatic N) is 2. The zero-order valence-corrected chi connectivity index (χ0v) is 18.6. The predicted molar refractivity (Wildman–Crippen MR) is 122 cm³/mol. The molecule has 0 bridgehead atoms. The van der Waals surface area contributed by atoms with E-state index in [-0.39, 0.29) is 23.3 Å². The molecule has 0 unspecified atom stereocenters. The van der Waals surface area contributed by atoms with Crippen molar-refractivity contribution in [1.82, 2.24) is 9.55 Å². The summed E-state index contributed by atoms with van der Waals surface area (Å²) < 4.78 is 2.79. The largest absolute Gasteiger partial charge is 0.325 e. The first-order chi connectivity index (χ1) is 14.0. The van der Waals surface area contributed by atoms with Gasteiger partial charge in [-0.15, -0.1) is 0 Å². The van der Waals surface area contributed by atoms with Crippen LogP contribution in [-0.2, 0) is 4.79 Å². The van der Waals surface area contributed by atoms with Gasteiger partial charge in [0.1, 0.15) is 0 Å². The van der Waals surface area contributed by atoms with Crippen LogP contribution in [0.5, 0.6) is 0 Å². The van der Waals surface area contributed by atoms with Crippen molar-refractivity contribution in [2.24, 2.45) is 0 Å². The van der Waals surface area contributed by atoms with Crippen LogP contribution in [0.3, 0.4) is 0 Å². The molecular formula is C22H22BrN3O2S. The van der Waals surface area contributed by atoms with Gasteiger partial charge in [0, 0.05) is 16.2 Å². The standard InChI is InChI=1S/C22H22BrN3O2S/c1-14-12-15(23)10-11-18(14)24-20(27)13-29-22-25-19-9-5-4-8-17(19)21(28)26(22)16-6-2-3-7-16/h4-5,8-12,16H,2-3,6-7,13H2,1H3,(H,24,27). The van der Waals surface area contributed by atoms with E-state index in [4.69, 9.17) is 4.98 Å². The van der Waals surface area contributed by atoms with Crippen LogP contribution in [0.1, 0.15) is 37.3 Å². The lowest BCUT2D eigenvalue weighted by Crippen LogP contribution is -2.27. The molecule has 2 aromatic carbocycles. The van der Waals surface area contributed by atoms with Crippen molar-refractivity contribution >= 4 is 50.2 Å². The second-order valence-corrected chi connectivity index (χ2v) is 9.18. The SMILES string of the molecule is Cc1cc(Br)ccc1NC(=O)CSc1nc2ccccc2c(=O)n1C1CCCC1. The number of rotatable bonds is 5. The van der Waals surface area contributed by atoms with E-state index in [0.29, 0.717) is 16.1 Å². The Morgan fingerprint density at radius 3 is 2.76 bits per heavy atom. The summed E-state index contributed by atoms with van der Waals surface area (Å²) in [5.41, 5.74) is 2.45. The van der Waals surface area contributed by atoms with Gasteiger partial charge < -0.3 is 5.32 Å². The molecule has 1 heterocycles. The molecule has 1 aromatic heterocycles. The molecular weight excluding hydrogens is 450 g/mol. The predicted octanol–water partition coefficient (Wildman–Crippen LogP) is 5.31. The van der Waals surface area contributed by atoms with Crippen molar-refractivity contribution in [2.45, 2.75) is 43.8 Å². The van der Waals surface area contributed by atoms with Crippen molar-refractivity contribution in [2.75, 3.05) is 11.1 Å². The lowest BCUT2D eigenvalue weighted by Gasteiger charge is -2.18. The molecule has 0 radical (unpaired) electrons. The van der Waals surface area contributed by atoms with Crippen LogP contribution in [0.2, 0.25) is 0 Å². The number of carbonyl (C=O) groups excluding carboxylic acids is 1. The van der Waals surface area contributed by atoms with Gasteiger partial charge in [-0.05, 0) is 55.7 Å². The summed E-state index contributed by atoms with van der Waals surface area (Å²) in [6.07, 6.45) is 4.21. The highest BCUT2D eigenvalue weighted by molar-refractivity contribution is 9.10. The van der Waals surface area contributed by atoms with E-state index in [1.54, 1.807) is 0 Å². The average Bonchev–Trinajstić information content (AvgIpc) is 3.23. The molecule has 29 heavy (non-hydrogen) atoms. The summed E-state index contributed by atoms with van der Waals surface area (Å²) >= 11 is 4.76. The Hall–Kier alpha value is -2.12. The zero-order chi connectivity index (χ0) is 20.4. The van der Waals surface area contributed by atoms with Crippen molar-refractivity contribution in [3.63, 3.8) is 0 Å². The molecule has 150 valence electrons. The Balaban J connectivity index is 1.59. The van der Waals surface area contributed by atoms with Gasteiger partial charge in [0.15, 0.2) is 5.16 Å². The molecule has 0 aliphatic heterocycles. The van der Waals surface area contributed by atoms with Gasteiger partial charge in [-0.25, -0.2) is 4.98 Å². The van der Waals surface area contributed by atoms with Crippen LogP contribution in [-0.4, -0.2) is 21.2 Å². The highest BCUT2D eigenvalue weighted by Crippen LogP contribution is 2.32. The fourth-order valence-electron chi connectivity index (χ4n) is 3.80. The molecule has 5 nitrogen and oxygen atoms in total. The molecule has 1 amide bonds. The van der Waals surface area contributed by atoms with Crippen molar-refractivity contribution in [3.8, 4) is 0 Å². The molecule has 3 aromatic rings. The molecule has 1 aliphatic rings. The van der Waals surface area contributed by atoms with E-state index in [2.05, 4.69) is 21.2 Å². The quantitative estimate of drug-likeness (QED) is 0.404. The summed E-state index contributed by atoms with van der Waals surface area (Å²) in [5.74, 6) is 0.0910. The minimum Gasteiger partial charge on any atom is -0.325 e. The van der Waals surface area contributed by atoms with Crippen molar-refractivity contribution in [1.29, 1.82) is 0 Å². The van der Waals surface area contributed by atoms with Crippen LogP contribution in [0, 0.1) is 6.92 Å². The number of para-hydroxylation sites is 1. The molecule has 4 rings (SSSR count). The number of anilines is 1. The second kappa shape index (κ2) is 8.71. The summed E-state index contributed by atoms with van der Waals surface area (Å²) in [6.45, 7) is 1.95. The third kappa shape index (κ3) is 4.41. The van der Waals surface area contributed by atoms with E-state index in [9.17, 15) is 9.59 Å². The first-order valence-corrected chi connectivity index (χ1v) is 11.5. The number of amides is 1. The maximum absolute atomic E-state index is 13.2. The fourth-order valence-corrected chi connectivity index (χ4v) is 5.14. The minimum atomic E-state index is -0.110. The van der Waals surface area contributed by atoms with Gasteiger partial charge in [-0.2, -0.15) is 0 Å². The smallest absolute Gasteiger partial charge is 0.262 e. The average molecular weight is 472 g/mol. The van der Waals surface area contributed by atoms with Gasteiger partial charge >= 0.3 is 0 Å². The fraction of sp³-hybridized carbons (Fsp3) is 0.318. The Labute approximate surface area is 182 Å². The Morgan fingerprint density at radius 2 is 2.00 bits per heavy atom. The first kappa shape index (κ1) is 20.2. The summed E-state index contributed by atoms with van der Waals surface area (Å²) in [5, 5.41) is 4.22. The van der Waals surface area contributed by atoms with E-state index < -0.39 is 0 Å². The maximum Gasteiger partial charge on any atom is 0.262 e. The monoisotopic (exact) mass is 471 g/mol. The molecule has 1 N–H and O–H groups in total. The number of nitrogens with one attached hydrogen (secondary N) is 1. The van der Waals surface area contributed by atoms with E-state index in [1.165, 1.54) is 11.8 Å². The molecule has 0 spiro atoms. The zero-order valence-electron chi connectivity index (χ0n) is 16.2. The molecule has 1 aliphatic carbocycles. The van der Waals surface area contributed by atoms with Gasteiger partial charge in [0.05, 0.1) is 16.7 Å². The van der Waals surface area contributed by atoms with Gasteiger partial charge in [0.25, 0.3) is 5.56 Å². The molecule has 1 fully saturated rings. The Bertz CT molecular complexity index is 1120. The Kier molecular flexibility index (Phi) is 6.06. The van der Waals surface area contributed by atoms with Gasteiger partial charge in [-0.1, -0.05) is 52.7 Å². The normalized spacial score (nSPS) is 14.4. The van der Waals surface area contributed by atoms with E-state index in [1.807, 2.05) is 54.0 Å². The summed E-state index contributed by atoms with van der Waals surface area (Å²) in [4.78, 5) is 30.4. The molecule has 0 saturated heterocycles. The van der Waals surface area contributed by atoms with Crippen molar-refractivity contribution in [3.05, 3.63) is 62.9 Å². The van der Waals surface area contributed by atoms with Crippen LogP contribution in [0.15, 0.2) is 56.9 Å². The number of hydrogen-bond acceptors (Lipinski definition) is 4. The highest BCUT2D eigenvalue weighted by atomic mass is 79.9. The number of carbonyl (C=O) groups is 1. The minimum absolute atomic E-state index is 0.00541. The summed E-state index contributed by atoms with van der Waals surface area (Å²) in [7, 11) is 0. The number of thioether (sulfide) groups is 1. The number of hydrogen-bond donors (Lipinski definition) is 1. The highest BCUT2D eigenvalue weighted by Gasteiger charge is 2.23. The number of halogens is 1. The third-order valence-electron chi connectivity index (χ3n) is 5.26. The first-order valence-electron chi connectivity index (χ1n) is 9.73. The van der Waals surface area contributed by atoms with Crippen LogP contribution in [0.4, 0.5) is 5.69 Å². The van der Waals surface area contributed by atoms with E-state index >= 15 is 0 Å². The topological polar surface area (TPSA) is 64.0 Å². The molecule has 7 heteroatoms. The number of aromatic nitrogens is 2. The van der Waals surface area contributed by atoms with E-state index in [0.717, 1.165) is 41.4 Å². The summed E-state index contributed by atoms with van der Waals surface area (Å²) in [6, 6.07) is 13.3. The van der Waals surface area contributed by atoms with Crippen LogP contribution >= 0.6 is 27.7 Å². The third-order valence-corrected chi connectivity index (χ3v) is 6.71. The van der Waals surface area contributed by atoms with Crippen molar-refractivity contribution < 1.29 is 4.79 Å². The lowest BCUT2D eigenvalue weighted by atomic mass is 10.2. The number of fused-ring (bicyclic) bond motifs is 1. The second-order valence-electron chi connectivity index (χ2n) is 7.32. The number of benzene rings is 2. The van der Waals surface area contributed by atoms with Gasteiger partial charge in [-0.3, -0.25) is 14.2 Å². The maximum atomic E-state index is 13.2. The van der Waals surface area contributed by atoms with Gasteiger partial charge in [0.2, 0.25) is 5.91 Å². The lowest BCUT2D eigenvalue weighted by molar-refractivity contribution is -0.113. The Morgan fingerprint density at radius 1 is 1.24 bits per heavy atom.